The Morgan fingerprint density at radius 3 is 2.94 bits per heavy atom. The number of benzene rings is 1. The summed E-state index contributed by atoms with van der Waals surface area (Å²) in [5, 5.41) is 9.85. The SMILES string of the molecule is COc1ccc(CN2CCC(CO)C2)c(Cl)c1. The molecule has 0 bridgehead atoms. The first kappa shape index (κ1) is 12.7. The molecular weight excluding hydrogens is 238 g/mol. The molecule has 0 spiro atoms. The van der Waals surface area contributed by atoms with Crippen LogP contribution in [-0.4, -0.2) is 36.8 Å². The van der Waals surface area contributed by atoms with Gasteiger partial charge in [-0.3, -0.25) is 4.90 Å². The van der Waals surface area contributed by atoms with E-state index in [9.17, 15) is 0 Å². The minimum Gasteiger partial charge on any atom is -0.497 e. The van der Waals surface area contributed by atoms with E-state index in [1.165, 1.54) is 0 Å². The standard InChI is InChI=1S/C13H18ClNO2/c1-17-12-3-2-11(13(14)6-12)8-15-5-4-10(7-15)9-16/h2-3,6,10,16H,4-5,7-9H2,1H3. The molecule has 0 saturated carbocycles. The van der Waals surface area contributed by atoms with E-state index in [1.807, 2.05) is 18.2 Å². The topological polar surface area (TPSA) is 32.7 Å². The second-order valence-electron chi connectivity index (χ2n) is 4.53. The molecule has 1 saturated heterocycles. The van der Waals surface area contributed by atoms with E-state index in [4.69, 9.17) is 21.4 Å². The Bertz CT molecular complexity index is 384. The average Bonchev–Trinajstić information content (AvgIpc) is 2.79. The fraction of sp³-hybridized carbons (Fsp3) is 0.538. The number of hydrogen-bond donors (Lipinski definition) is 1. The van der Waals surface area contributed by atoms with E-state index in [2.05, 4.69) is 4.90 Å². The summed E-state index contributed by atoms with van der Waals surface area (Å²) >= 11 is 6.20. The van der Waals surface area contributed by atoms with Crippen LogP contribution in [0, 0.1) is 5.92 Å². The molecule has 1 aliphatic heterocycles. The van der Waals surface area contributed by atoms with E-state index in [0.717, 1.165) is 42.4 Å². The van der Waals surface area contributed by atoms with Crippen LogP contribution in [0.25, 0.3) is 0 Å². The summed E-state index contributed by atoms with van der Waals surface area (Å²) in [6.07, 6.45) is 1.07. The molecule has 94 valence electrons. The van der Waals surface area contributed by atoms with Crippen molar-refractivity contribution < 1.29 is 9.84 Å². The zero-order valence-corrected chi connectivity index (χ0v) is 10.8. The average molecular weight is 256 g/mol. The number of ether oxygens (including phenoxy) is 1. The lowest BCUT2D eigenvalue weighted by molar-refractivity contribution is 0.220. The van der Waals surface area contributed by atoms with Gasteiger partial charge in [-0.1, -0.05) is 17.7 Å². The molecule has 1 heterocycles. The van der Waals surface area contributed by atoms with Gasteiger partial charge in [-0.05, 0) is 36.6 Å². The lowest BCUT2D eigenvalue weighted by atomic mass is 10.1. The smallest absolute Gasteiger partial charge is 0.120 e. The third kappa shape index (κ3) is 3.12. The Hall–Kier alpha value is -0.770. The van der Waals surface area contributed by atoms with Crippen molar-refractivity contribution in [1.29, 1.82) is 0 Å². The summed E-state index contributed by atoms with van der Waals surface area (Å²) in [6, 6.07) is 5.78. The first-order valence-electron chi connectivity index (χ1n) is 5.88. The molecule has 1 aliphatic rings. The number of aliphatic hydroxyl groups is 1. The molecular formula is C13H18ClNO2. The van der Waals surface area contributed by atoms with Crippen LogP contribution in [0.4, 0.5) is 0 Å². The Morgan fingerprint density at radius 1 is 1.53 bits per heavy atom. The molecule has 1 aromatic carbocycles. The third-order valence-corrected chi connectivity index (χ3v) is 3.63. The number of nitrogens with zero attached hydrogens (tertiary/aromatic N) is 1. The molecule has 17 heavy (non-hydrogen) atoms. The maximum absolute atomic E-state index is 9.10. The highest BCUT2D eigenvalue weighted by Crippen LogP contribution is 2.25. The summed E-state index contributed by atoms with van der Waals surface area (Å²) in [7, 11) is 1.64. The summed E-state index contributed by atoms with van der Waals surface area (Å²) in [5.74, 6) is 1.21. The molecule has 1 unspecified atom stereocenters. The van der Waals surface area contributed by atoms with Gasteiger partial charge >= 0.3 is 0 Å². The summed E-state index contributed by atoms with van der Waals surface area (Å²) in [5.41, 5.74) is 1.12. The van der Waals surface area contributed by atoms with Crippen molar-refractivity contribution in [3.05, 3.63) is 28.8 Å². The highest BCUT2D eigenvalue weighted by molar-refractivity contribution is 6.31. The van der Waals surface area contributed by atoms with Crippen molar-refractivity contribution in [1.82, 2.24) is 4.90 Å². The predicted molar refractivity (Wildman–Crippen MR) is 68.5 cm³/mol. The molecule has 1 aromatic rings. The first-order chi connectivity index (χ1) is 8.22. The quantitative estimate of drug-likeness (QED) is 0.895. The van der Waals surface area contributed by atoms with Crippen LogP contribution in [-0.2, 0) is 6.54 Å². The summed E-state index contributed by atoms with van der Waals surface area (Å²) in [4.78, 5) is 2.33. The molecule has 1 atom stereocenters. The molecule has 0 aliphatic carbocycles. The van der Waals surface area contributed by atoms with Gasteiger partial charge in [-0.2, -0.15) is 0 Å². The van der Waals surface area contributed by atoms with Crippen molar-refractivity contribution in [3.63, 3.8) is 0 Å². The van der Waals surface area contributed by atoms with Crippen LogP contribution >= 0.6 is 11.6 Å². The van der Waals surface area contributed by atoms with Gasteiger partial charge in [0.2, 0.25) is 0 Å². The lowest BCUT2D eigenvalue weighted by Gasteiger charge is -2.16. The summed E-state index contributed by atoms with van der Waals surface area (Å²) in [6.45, 7) is 3.12. The normalized spacial score (nSPS) is 20.8. The minimum absolute atomic E-state index is 0.285. The fourth-order valence-corrected chi connectivity index (χ4v) is 2.46. The van der Waals surface area contributed by atoms with E-state index >= 15 is 0 Å². The highest BCUT2D eigenvalue weighted by atomic mass is 35.5. The van der Waals surface area contributed by atoms with E-state index in [-0.39, 0.29) is 6.61 Å². The molecule has 2 rings (SSSR count). The van der Waals surface area contributed by atoms with Crippen LogP contribution < -0.4 is 4.74 Å². The van der Waals surface area contributed by atoms with Crippen molar-refractivity contribution in [3.8, 4) is 5.75 Å². The van der Waals surface area contributed by atoms with Crippen molar-refractivity contribution >= 4 is 11.6 Å². The van der Waals surface area contributed by atoms with Gasteiger partial charge in [-0.15, -0.1) is 0 Å². The zero-order valence-electron chi connectivity index (χ0n) is 10.0. The number of halogens is 1. The van der Waals surface area contributed by atoms with E-state index < -0.39 is 0 Å². The fourth-order valence-electron chi connectivity index (χ4n) is 2.23. The van der Waals surface area contributed by atoms with Crippen molar-refractivity contribution in [2.45, 2.75) is 13.0 Å². The van der Waals surface area contributed by atoms with Gasteiger partial charge in [0.05, 0.1) is 7.11 Å². The summed E-state index contributed by atoms with van der Waals surface area (Å²) < 4.78 is 5.12. The molecule has 3 nitrogen and oxygen atoms in total. The second-order valence-corrected chi connectivity index (χ2v) is 4.94. The van der Waals surface area contributed by atoms with Crippen LogP contribution in [0.1, 0.15) is 12.0 Å². The largest absolute Gasteiger partial charge is 0.497 e. The minimum atomic E-state index is 0.285. The lowest BCUT2D eigenvalue weighted by Crippen LogP contribution is -2.21. The van der Waals surface area contributed by atoms with Crippen molar-refractivity contribution in [2.75, 3.05) is 26.8 Å². The van der Waals surface area contributed by atoms with E-state index in [1.54, 1.807) is 7.11 Å². The highest BCUT2D eigenvalue weighted by Gasteiger charge is 2.22. The number of aliphatic hydroxyl groups excluding tert-OH is 1. The Balaban J connectivity index is 1.99. The van der Waals surface area contributed by atoms with Crippen LogP contribution in [0.3, 0.4) is 0 Å². The van der Waals surface area contributed by atoms with Crippen molar-refractivity contribution in [2.24, 2.45) is 5.92 Å². The molecule has 1 N–H and O–H groups in total. The first-order valence-corrected chi connectivity index (χ1v) is 6.26. The second kappa shape index (κ2) is 5.71. The molecule has 0 radical (unpaired) electrons. The molecule has 1 fully saturated rings. The Kier molecular flexibility index (Phi) is 4.26. The number of rotatable bonds is 4. The number of methoxy groups -OCH3 is 1. The maximum atomic E-state index is 9.10. The van der Waals surface area contributed by atoms with Crippen LogP contribution in [0.2, 0.25) is 5.02 Å². The van der Waals surface area contributed by atoms with Gasteiger partial charge in [0.25, 0.3) is 0 Å². The third-order valence-electron chi connectivity index (χ3n) is 3.28. The molecule has 0 aromatic heterocycles. The van der Waals surface area contributed by atoms with Crippen LogP contribution in [0.15, 0.2) is 18.2 Å². The molecule has 0 amide bonds. The number of hydrogen-bond acceptors (Lipinski definition) is 3. The van der Waals surface area contributed by atoms with Gasteiger partial charge in [0.1, 0.15) is 5.75 Å². The maximum Gasteiger partial charge on any atom is 0.120 e. The Morgan fingerprint density at radius 2 is 2.35 bits per heavy atom. The van der Waals surface area contributed by atoms with E-state index in [0.29, 0.717) is 5.92 Å². The van der Waals surface area contributed by atoms with Gasteiger partial charge < -0.3 is 9.84 Å². The predicted octanol–water partition coefficient (Wildman–Crippen LogP) is 2.16. The van der Waals surface area contributed by atoms with Gasteiger partial charge in [0, 0.05) is 24.7 Å². The zero-order chi connectivity index (χ0) is 12.3. The van der Waals surface area contributed by atoms with Gasteiger partial charge in [0.15, 0.2) is 0 Å². The Labute approximate surface area is 107 Å². The van der Waals surface area contributed by atoms with Crippen LogP contribution in [0.5, 0.6) is 5.75 Å². The monoisotopic (exact) mass is 255 g/mol. The molecule has 4 heteroatoms. The number of likely N-dealkylation sites (tertiary alicyclic amines) is 1. The van der Waals surface area contributed by atoms with Gasteiger partial charge in [-0.25, -0.2) is 0 Å².